The summed E-state index contributed by atoms with van der Waals surface area (Å²) in [5.41, 5.74) is -0.147. The van der Waals surface area contributed by atoms with Gasteiger partial charge >= 0.3 is 5.69 Å². The van der Waals surface area contributed by atoms with Gasteiger partial charge in [0.25, 0.3) is 11.7 Å². The van der Waals surface area contributed by atoms with Gasteiger partial charge in [-0.25, -0.2) is 0 Å². The van der Waals surface area contributed by atoms with Crippen molar-refractivity contribution in [3.05, 3.63) is 58.1 Å². The average molecular weight is 354 g/mol. The summed E-state index contributed by atoms with van der Waals surface area (Å²) in [6, 6.07) is 9.79. The highest BCUT2D eigenvalue weighted by molar-refractivity contribution is 7.99. The number of rotatable bonds is 6. The first kappa shape index (κ1) is 17.7. The fourth-order valence-corrected chi connectivity index (χ4v) is 2.53. The Morgan fingerprint density at radius 1 is 1.29 bits per heavy atom. The van der Waals surface area contributed by atoms with Gasteiger partial charge in [-0.15, -0.1) is 0 Å². The second kappa shape index (κ2) is 7.73. The molecule has 2 aromatic carbocycles. The molecule has 6 nitrogen and oxygen atoms in total. The molecule has 0 aliphatic heterocycles. The van der Waals surface area contributed by atoms with E-state index in [0.29, 0.717) is 11.8 Å². The minimum atomic E-state index is -2.63. The van der Waals surface area contributed by atoms with E-state index in [-0.39, 0.29) is 27.6 Å². The van der Waals surface area contributed by atoms with Crippen LogP contribution in [0.15, 0.2) is 47.4 Å². The third-order valence-electron chi connectivity index (χ3n) is 2.99. The van der Waals surface area contributed by atoms with E-state index in [1.165, 1.54) is 31.4 Å². The quantitative estimate of drug-likeness (QED) is 0.478. The molecule has 0 aliphatic carbocycles. The van der Waals surface area contributed by atoms with E-state index >= 15 is 0 Å². The van der Waals surface area contributed by atoms with E-state index in [1.54, 1.807) is 12.1 Å². The first-order valence-corrected chi connectivity index (χ1v) is 7.48. The zero-order valence-corrected chi connectivity index (χ0v) is 13.2. The number of nitro groups is 1. The van der Waals surface area contributed by atoms with Crippen LogP contribution in [0.2, 0.25) is 0 Å². The third kappa shape index (κ3) is 4.19. The van der Waals surface area contributed by atoms with Crippen molar-refractivity contribution in [3.63, 3.8) is 0 Å². The number of hydrogen-bond donors (Lipinski definition) is 1. The lowest BCUT2D eigenvalue weighted by Crippen LogP contribution is -2.13. The first-order chi connectivity index (χ1) is 11.4. The lowest BCUT2D eigenvalue weighted by Gasteiger charge is -2.10. The molecule has 0 aliphatic rings. The second-order valence-corrected chi connectivity index (χ2v) is 5.50. The normalized spacial score (nSPS) is 10.5. The molecule has 0 saturated heterocycles. The number of hydrogen-bond acceptors (Lipinski definition) is 5. The number of nitrogens with one attached hydrogen (secondary N) is 1. The van der Waals surface area contributed by atoms with Crippen LogP contribution < -0.4 is 10.1 Å². The van der Waals surface area contributed by atoms with Crippen LogP contribution in [-0.2, 0) is 0 Å². The monoisotopic (exact) mass is 354 g/mol. The van der Waals surface area contributed by atoms with E-state index in [2.05, 4.69) is 5.32 Å². The smallest absolute Gasteiger partial charge is 0.311 e. The van der Waals surface area contributed by atoms with Crippen LogP contribution in [0.5, 0.6) is 5.75 Å². The number of amides is 1. The number of benzene rings is 2. The summed E-state index contributed by atoms with van der Waals surface area (Å²) in [6.45, 7) is 0. The number of thioether (sulfide) groups is 1. The minimum absolute atomic E-state index is 0.0133. The largest absolute Gasteiger partial charge is 0.490 e. The molecule has 126 valence electrons. The van der Waals surface area contributed by atoms with Crippen molar-refractivity contribution in [1.82, 2.24) is 0 Å². The van der Waals surface area contributed by atoms with Gasteiger partial charge in [0.05, 0.1) is 17.7 Å². The van der Waals surface area contributed by atoms with Gasteiger partial charge in [-0.1, -0.05) is 23.9 Å². The highest BCUT2D eigenvalue weighted by atomic mass is 32.2. The van der Waals surface area contributed by atoms with Crippen molar-refractivity contribution in [2.24, 2.45) is 0 Å². The number of nitrogens with zero attached hydrogens (tertiary/aromatic N) is 1. The van der Waals surface area contributed by atoms with Gasteiger partial charge in [0.1, 0.15) is 0 Å². The average Bonchev–Trinajstić information content (AvgIpc) is 2.55. The summed E-state index contributed by atoms with van der Waals surface area (Å²) < 4.78 is 30.0. The molecule has 1 N–H and O–H groups in total. The second-order valence-electron chi connectivity index (χ2n) is 4.47. The molecule has 1 amide bonds. The summed E-state index contributed by atoms with van der Waals surface area (Å²) in [5.74, 6) is -3.27. The maximum Gasteiger partial charge on any atom is 0.311 e. The number of ether oxygens (including phenoxy) is 1. The van der Waals surface area contributed by atoms with E-state index in [9.17, 15) is 23.7 Å². The van der Waals surface area contributed by atoms with E-state index < -0.39 is 16.6 Å². The highest BCUT2D eigenvalue weighted by Gasteiger charge is 2.19. The number of nitro benzene ring substituents is 1. The van der Waals surface area contributed by atoms with Gasteiger partial charge in [-0.2, -0.15) is 8.78 Å². The van der Waals surface area contributed by atoms with Crippen LogP contribution in [0.3, 0.4) is 0 Å². The molecule has 0 bridgehead atoms. The molecule has 2 rings (SSSR count). The minimum Gasteiger partial charge on any atom is -0.490 e. The van der Waals surface area contributed by atoms with Crippen LogP contribution in [-0.4, -0.2) is 23.7 Å². The molecule has 0 saturated carbocycles. The Kier molecular flexibility index (Phi) is 5.69. The number of carbonyl (C=O) groups excluding carboxylic acids is 1. The molecule has 0 radical (unpaired) electrons. The SMILES string of the molecule is COc1ccc(C(=O)Nc2ccccc2SC(F)F)cc1[N+](=O)[O-]. The summed E-state index contributed by atoms with van der Waals surface area (Å²) in [7, 11) is 1.28. The number of anilines is 1. The molecule has 0 heterocycles. The highest BCUT2D eigenvalue weighted by Crippen LogP contribution is 2.32. The summed E-state index contributed by atoms with van der Waals surface area (Å²) in [4.78, 5) is 22.8. The molecular formula is C15H12F2N2O4S. The molecule has 0 atom stereocenters. The predicted molar refractivity (Wildman–Crippen MR) is 85.9 cm³/mol. The Balaban J connectivity index is 2.28. The molecule has 2 aromatic rings. The molecule has 0 aromatic heterocycles. The van der Waals surface area contributed by atoms with Crippen molar-refractivity contribution in [2.75, 3.05) is 12.4 Å². The number of carbonyl (C=O) groups is 1. The Labute approximate surface area is 140 Å². The Bertz CT molecular complexity index is 771. The first-order valence-electron chi connectivity index (χ1n) is 6.60. The van der Waals surface area contributed by atoms with Crippen molar-refractivity contribution in [2.45, 2.75) is 10.7 Å². The molecule has 24 heavy (non-hydrogen) atoms. The lowest BCUT2D eigenvalue weighted by atomic mass is 10.1. The van der Waals surface area contributed by atoms with Gasteiger partial charge in [0, 0.05) is 16.5 Å². The molecule has 0 spiro atoms. The molecule has 9 heteroatoms. The predicted octanol–water partition coefficient (Wildman–Crippen LogP) is 4.17. The van der Waals surface area contributed by atoms with E-state index in [4.69, 9.17) is 4.74 Å². The summed E-state index contributed by atoms with van der Waals surface area (Å²) in [6.07, 6.45) is 0. The zero-order chi connectivity index (χ0) is 17.7. The fraction of sp³-hybridized carbons (Fsp3) is 0.133. The van der Waals surface area contributed by atoms with Crippen molar-refractivity contribution < 1.29 is 23.2 Å². The van der Waals surface area contributed by atoms with Crippen LogP contribution >= 0.6 is 11.8 Å². The summed E-state index contributed by atoms with van der Waals surface area (Å²) in [5, 5.41) is 13.5. The van der Waals surface area contributed by atoms with E-state index in [0.717, 1.165) is 6.07 Å². The summed E-state index contributed by atoms with van der Waals surface area (Å²) >= 11 is 0.300. The third-order valence-corrected chi connectivity index (χ3v) is 3.78. The molecule has 0 fully saturated rings. The van der Waals surface area contributed by atoms with Crippen molar-refractivity contribution in [1.29, 1.82) is 0 Å². The Morgan fingerprint density at radius 2 is 2.00 bits per heavy atom. The number of alkyl halides is 2. The maximum absolute atomic E-state index is 12.5. The standard InChI is InChI=1S/C15H12F2N2O4S/c1-23-12-7-6-9(8-11(12)19(21)22)14(20)18-10-4-2-3-5-13(10)24-15(16)17/h2-8,15H,1H3,(H,18,20). The van der Waals surface area contributed by atoms with Gasteiger partial charge in [0.2, 0.25) is 0 Å². The van der Waals surface area contributed by atoms with Crippen LogP contribution in [0.4, 0.5) is 20.2 Å². The molecular weight excluding hydrogens is 342 g/mol. The van der Waals surface area contributed by atoms with Crippen molar-refractivity contribution in [3.8, 4) is 5.75 Å². The van der Waals surface area contributed by atoms with Crippen LogP contribution in [0.25, 0.3) is 0 Å². The van der Waals surface area contributed by atoms with Gasteiger partial charge in [0.15, 0.2) is 5.75 Å². The molecule has 0 unspecified atom stereocenters. The maximum atomic E-state index is 12.5. The van der Waals surface area contributed by atoms with Crippen LogP contribution in [0.1, 0.15) is 10.4 Å². The van der Waals surface area contributed by atoms with Crippen LogP contribution in [0, 0.1) is 10.1 Å². The number of methoxy groups -OCH3 is 1. The number of halogens is 2. The Morgan fingerprint density at radius 3 is 2.62 bits per heavy atom. The number of para-hydroxylation sites is 1. The Hall–Kier alpha value is -2.68. The topological polar surface area (TPSA) is 81.5 Å². The lowest BCUT2D eigenvalue weighted by molar-refractivity contribution is -0.385. The van der Waals surface area contributed by atoms with Gasteiger partial charge in [-0.3, -0.25) is 14.9 Å². The van der Waals surface area contributed by atoms with Crippen molar-refractivity contribution >= 4 is 29.0 Å². The van der Waals surface area contributed by atoms with E-state index in [1.807, 2.05) is 0 Å². The fourth-order valence-electron chi connectivity index (χ4n) is 1.94. The van der Waals surface area contributed by atoms with Gasteiger partial charge < -0.3 is 10.1 Å². The van der Waals surface area contributed by atoms with Gasteiger partial charge in [-0.05, 0) is 24.3 Å². The zero-order valence-electron chi connectivity index (χ0n) is 12.4.